The zero-order valence-electron chi connectivity index (χ0n) is 36.9. The van der Waals surface area contributed by atoms with Gasteiger partial charge in [-0.2, -0.15) is 0 Å². The molecule has 1 amide bonds. The number of phosphoric ester groups is 1. The summed E-state index contributed by atoms with van der Waals surface area (Å²) in [5.41, 5.74) is 0. The highest BCUT2D eigenvalue weighted by Crippen LogP contribution is 2.42. The number of nitrogens with one attached hydrogen (secondary N) is 1. The van der Waals surface area contributed by atoms with E-state index in [4.69, 9.17) is 13.8 Å². The number of unbranched alkanes of at least 4 members (excludes halogenated alkanes) is 12. The lowest BCUT2D eigenvalue weighted by atomic mass is 10.1. The van der Waals surface area contributed by atoms with Crippen molar-refractivity contribution in [1.29, 1.82) is 0 Å². The number of carbonyl (C=O) groups is 2. The van der Waals surface area contributed by atoms with Crippen LogP contribution in [0.3, 0.4) is 0 Å². The van der Waals surface area contributed by atoms with Crippen LogP contribution in [0.4, 0.5) is 0 Å². The summed E-state index contributed by atoms with van der Waals surface area (Å²) in [6, 6.07) is 0. The van der Waals surface area contributed by atoms with Gasteiger partial charge in [-0.05, 0) is 96.3 Å². The molecule has 0 aromatic heterocycles. The van der Waals surface area contributed by atoms with Crippen LogP contribution in [0.25, 0.3) is 0 Å². The van der Waals surface area contributed by atoms with Crippen LogP contribution in [0, 0.1) is 0 Å². The van der Waals surface area contributed by atoms with Gasteiger partial charge in [-0.25, -0.2) is 4.57 Å². The van der Waals surface area contributed by atoms with E-state index in [1.54, 1.807) is 0 Å². The minimum Gasteiger partial charge on any atom is -0.463 e. The summed E-state index contributed by atoms with van der Waals surface area (Å²) in [6.07, 6.45) is 57.7. The number of amides is 1. The molecule has 0 bridgehead atoms. The summed E-state index contributed by atoms with van der Waals surface area (Å²) in [6.45, 7) is 3.39. The van der Waals surface area contributed by atoms with Gasteiger partial charge in [0.1, 0.15) is 12.7 Å². The Bertz CT molecular complexity index is 1280. The van der Waals surface area contributed by atoms with Gasteiger partial charge < -0.3 is 20.1 Å². The predicted molar refractivity (Wildman–Crippen MR) is 247 cm³/mol. The van der Waals surface area contributed by atoms with Crippen LogP contribution in [0.5, 0.6) is 0 Å². The van der Waals surface area contributed by atoms with Gasteiger partial charge in [-0.1, -0.05) is 156 Å². The summed E-state index contributed by atoms with van der Waals surface area (Å²) in [5, 5.41) is 12.7. The molecule has 0 rings (SSSR count). The lowest BCUT2D eigenvalue weighted by Gasteiger charge is -2.15. The summed E-state index contributed by atoms with van der Waals surface area (Å²) in [4.78, 5) is 33.9. The van der Waals surface area contributed by atoms with Gasteiger partial charge in [0.15, 0.2) is 0 Å². The van der Waals surface area contributed by atoms with E-state index in [2.05, 4.69) is 110 Å². The molecule has 0 fully saturated rings. The lowest BCUT2D eigenvalue weighted by molar-refractivity contribution is -0.147. The first kappa shape index (κ1) is 55.9. The molecule has 0 radical (unpaired) electrons. The summed E-state index contributed by atoms with van der Waals surface area (Å²) < 4.78 is 26.8. The van der Waals surface area contributed by atoms with E-state index >= 15 is 0 Å². The standard InChI is InChI=1S/C49H82NO8P/c1-3-5-7-9-11-13-15-17-19-21-22-23-24-26-27-29-31-33-35-37-39-41-48(52)50-43-44-57-59(54,55)58-46-47(51)45-56-49(53)42-40-38-36-34-32-30-28-25-20-18-16-14-12-10-8-6-4-2/h11-14,17-20,22-23,26-28,30,34,36,47,51H,3-10,15-16,21,24-25,29,31-33,35,37-46H2,1-2H3,(H,50,52)(H,54,55)/b13-11-,14-12-,19-17-,20-18-,23-22-,27-26-,30-28-,36-34-. The fraction of sp³-hybridized carbons (Fsp3) is 0.633. The monoisotopic (exact) mass is 844 g/mol. The SMILES string of the molecule is CCCCC/C=C\C/C=C\C/C=C\C/C=C\CCCCCCCC(=O)NCCOP(=O)(O)OCC(O)COC(=O)CCC/C=C\C/C=C\C/C=C\C/C=C\CCCCC. The van der Waals surface area contributed by atoms with Crippen molar-refractivity contribution in [3.8, 4) is 0 Å². The molecule has 336 valence electrons. The van der Waals surface area contributed by atoms with E-state index in [1.165, 1.54) is 51.4 Å². The Morgan fingerprint density at radius 1 is 0.525 bits per heavy atom. The lowest BCUT2D eigenvalue weighted by Crippen LogP contribution is -2.27. The van der Waals surface area contributed by atoms with Crippen molar-refractivity contribution in [1.82, 2.24) is 5.32 Å². The van der Waals surface area contributed by atoms with Crippen molar-refractivity contribution < 1.29 is 37.9 Å². The number of hydrogen-bond acceptors (Lipinski definition) is 7. The molecule has 9 nitrogen and oxygen atoms in total. The second kappa shape index (κ2) is 44.5. The fourth-order valence-electron chi connectivity index (χ4n) is 5.53. The van der Waals surface area contributed by atoms with Gasteiger partial charge in [0, 0.05) is 19.4 Å². The molecule has 3 N–H and O–H groups in total. The average Bonchev–Trinajstić information content (AvgIpc) is 3.22. The second-order valence-electron chi connectivity index (χ2n) is 14.7. The molecule has 0 saturated heterocycles. The molecule has 0 spiro atoms. The van der Waals surface area contributed by atoms with Crippen molar-refractivity contribution in [3.63, 3.8) is 0 Å². The molecule has 0 heterocycles. The molecule has 2 unspecified atom stereocenters. The maximum atomic E-state index is 12.1. The minimum atomic E-state index is -4.44. The minimum absolute atomic E-state index is 0.0586. The molecular weight excluding hydrogens is 762 g/mol. The number of ether oxygens (including phenoxy) is 1. The van der Waals surface area contributed by atoms with Crippen molar-refractivity contribution in [2.75, 3.05) is 26.4 Å². The first-order valence-corrected chi connectivity index (χ1v) is 24.2. The van der Waals surface area contributed by atoms with E-state index in [-0.39, 0.29) is 32.1 Å². The van der Waals surface area contributed by atoms with Crippen LogP contribution >= 0.6 is 7.82 Å². The zero-order chi connectivity index (χ0) is 43.2. The maximum absolute atomic E-state index is 12.1. The number of carbonyl (C=O) groups excluding carboxylic acids is 2. The van der Waals surface area contributed by atoms with Crippen molar-refractivity contribution >= 4 is 19.7 Å². The van der Waals surface area contributed by atoms with Gasteiger partial charge in [0.25, 0.3) is 0 Å². The first-order valence-electron chi connectivity index (χ1n) is 22.7. The first-order chi connectivity index (χ1) is 28.8. The van der Waals surface area contributed by atoms with Crippen LogP contribution in [0.2, 0.25) is 0 Å². The second-order valence-corrected chi connectivity index (χ2v) is 16.1. The highest BCUT2D eigenvalue weighted by Gasteiger charge is 2.23. The number of hydrogen-bond donors (Lipinski definition) is 3. The molecule has 0 saturated carbocycles. The third kappa shape index (κ3) is 45.9. The van der Waals surface area contributed by atoms with Gasteiger partial charge in [0.05, 0.1) is 13.2 Å². The van der Waals surface area contributed by atoms with Gasteiger partial charge >= 0.3 is 13.8 Å². The van der Waals surface area contributed by atoms with Crippen LogP contribution in [0.1, 0.15) is 168 Å². The highest BCUT2D eigenvalue weighted by atomic mass is 31.2. The van der Waals surface area contributed by atoms with Crippen LogP contribution < -0.4 is 5.32 Å². The third-order valence-corrected chi connectivity index (χ3v) is 9.97. The van der Waals surface area contributed by atoms with Gasteiger partial charge in [0.2, 0.25) is 5.91 Å². The summed E-state index contributed by atoms with van der Waals surface area (Å²) in [5.74, 6) is -0.600. The quantitative estimate of drug-likeness (QED) is 0.0240. The Balaban J connectivity index is 3.72. The molecule has 0 aromatic carbocycles. The van der Waals surface area contributed by atoms with Crippen molar-refractivity contribution in [2.24, 2.45) is 0 Å². The molecule has 0 aliphatic carbocycles. The van der Waals surface area contributed by atoms with Gasteiger partial charge in [-0.15, -0.1) is 0 Å². The Morgan fingerprint density at radius 2 is 0.932 bits per heavy atom. The Kier molecular flexibility index (Phi) is 42.2. The maximum Gasteiger partial charge on any atom is 0.472 e. The Hall–Kier alpha value is -3.07. The van der Waals surface area contributed by atoms with Gasteiger partial charge in [-0.3, -0.25) is 18.6 Å². The van der Waals surface area contributed by atoms with E-state index in [9.17, 15) is 24.2 Å². The van der Waals surface area contributed by atoms with Crippen LogP contribution in [-0.4, -0.2) is 54.3 Å². The van der Waals surface area contributed by atoms with Crippen molar-refractivity contribution in [2.45, 2.75) is 174 Å². The van der Waals surface area contributed by atoms with Crippen LogP contribution in [-0.2, 0) is 27.9 Å². The Morgan fingerprint density at radius 3 is 1.41 bits per heavy atom. The van der Waals surface area contributed by atoms with E-state index in [0.29, 0.717) is 12.8 Å². The molecule has 59 heavy (non-hydrogen) atoms. The molecule has 10 heteroatoms. The number of rotatable bonds is 41. The highest BCUT2D eigenvalue weighted by molar-refractivity contribution is 7.47. The number of aliphatic hydroxyl groups is 1. The number of phosphoric acid groups is 1. The molecule has 0 aliphatic heterocycles. The topological polar surface area (TPSA) is 131 Å². The van der Waals surface area contributed by atoms with Crippen molar-refractivity contribution in [3.05, 3.63) is 97.2 Å². The number of aliphatic hydroxyl groups excluding tert-OH is 1. The molecule has 2 atom stereocenters. The average molecular weight is 844 g/mol. The molecular formula is C49H82NO8P. The Labute approximate surface area is 359 Å². The van der Waals surface area contributed by atoms with E-state index < -0.39 is 26.5 Å². The summed E-state index contributed by atoms with van der Waals surface area (Å²) in [7, 11) is -4.44. The van der Waals surface area contributed by atoms with E-state index in [0.717, 1.165) is 83.5 Å². The number of allylic oxidation sites excluding steroid dienone is 16. The van der Waals surface area contributed by atoms with Crippen LogP contribution in [0.15, 0.2) is 97.2 Å². The molecule has 0 aromatic rings. The van der Waals surface area contributed by atoms with E-state index in [1.807, 2.05) is 6.08 Å². The third-order valence-electron chi connectivity index (χ3n) is 8.99. The number of esters is 1. The predicted octanol–water partition coefficient (Wildman–Crippen LogP) is 13.0. The largest absolute Gasteiger partial charge is 0.472 e. The zero-order valence-corrected chi connectivity index (χ0v) is 37.8. The molecule has 0 aliphatic rings. The normalized spacial score (nSPS) is 14.2. The smallest absolute Gasteiger partial charge is 0.463 e. The summed E-state index contributed by atoms with van der Waals surface area (Å²) >= 11 is 0. The fourth-order valence-corrected chi connectivity index (χ4v) is 6.29.